The maximum Gasteiger partial charge on any atom is 0.408 e. The predicted molar refractivity (Wildman–Crippen MR) is 318 cm³/mol. The summed E-state index contributed by atoms with van der Waals surface area (Å²) >= 11 is 0. The lowest BCUT2D eigenvalue weighted by molar-refractivity contribution is -0.305. The van der Waals surface area contributed by atoms with Crippen molar-refractivity contribution in [1.29, 1.82) is 0 Å². The van der Waals surface area contributed by atoms with Gasteiger partial charge in [0.1, 0.15) is 49.4 Å². The summed E-state index contributed by atoms with van der Waals surface area (Å²) in [7, 11) is 4.25. The minimum atomic E-state index is -2.10. The number of hydrogen-bond acceptors (Lipinski definition) is 23. The Hall–Kier alpha value is -4.74. The van der Waals surface area contributed by atoms with Gasteiger partial charge in [0.2, 0.25) is 0 Å². The van der Waals surface area contributed by atoms with Crippen LogP contribution in [-0.4, -0.2) is 211 Å². The number of ketones is 1. The molecule has 500 valence electrons. The molecule has 26 nitrogen and oxygen atoms in total. The van der Waals surface area contributed by atoms with E-state index < -0.39 is 162 Å². The van der Waals surface area contributed by atoms with Crippen LogP contribution in [0, 0.1) is 41.4 Å². The number of Topliss-reactive ketones (excluding diaryl/α,β-unsaturated/α-hetero) is 1. The van der Waals surface area contributed by atoms with Gasteiger partial charge >= 0.3 is 18.0 Å². The molecule has 5 heterocycles. The molecule has 1 aromatic heterocycles. The Morgan fingerprint density at radius 3 is 2.16 bits per heavy atom. The Bertz CT molecular complexity index is 2550. The zero-order valence-electron chi connectivity index (χ0n) is 54.9. The first-order valence-electron chi connectivity index (χ1n) is 31.3. The van der Waals surface area contributed by atoms with Gasteiger partial charge in [-0.1, -0.05) is 53.6 Å². The van der Waals surface area contributed by atoms with Crippen LogP contribution in [0.15, 0.2) is 22.3 Å². The van der Waals surface area contributed by atoms with Crippen LogP contribution in [0.4, 0.5) is 4.79 Å². The number of aliphatic hydroxyl groups excluding tert-OH is 2. The average Bonchev–Trinajstić information content (AvgIpc) is 3.63. The summed E-state index contributed by atoms with van der Waals surface area (Å²) in [6.45, 7) is 26.7. The molecule has 2 unspecified atom stereocenters. The summed E-state index contributed by atoms with van der Waals surface area (Å²) in [5.74, 6) is -8.66. The summed E-state index contributed by atoms with van der Waals surface area (Å²) in [5, 5.41) is 32.5. The lowest BCUT2D eigenvalue weighted by atomic mass is 9.74. The Labute approximate surface area is 518 Å². The van der Waals surface area contributed by atoms with E-state index in [9.17, 15) is 29.4 Å². The molecule has 0 radical (unpaired) electrons. The molecule has 6 rings (SSSR count). The fraction of sp³-hybridized carbons (Fsp3) is 0.839. The number of hydrogen-bond donors (Lipinski definition) is 5. The molecule has 1 aliphatic carbocycles. The van der Waals surface area contributed by atoms with Gasteiger partial charge in [-0.3, -0.25) is 28.9 Å². The van der Waals surface area contributed by atoms with Crippen LogP contribution in [-0.2, 0) is 71.3 Å². The number of alkyl carbamates (subject to hydrolysis) is 1. The fourth-order valence-electron chi connectivity index (χ4n) is 12.9. The third-order valence-electron chi connectivity index (χ3n) is 17.7. The Kier molecular flexibility index (Phi) is 25.9. The molecule has 0 bridgehead atoms. The monoisotopic (exact) mass is 1250 g/mol. The van der Waals surface area contributed by atoms with Crippen molar-refractivity contribution < 1.29 is 91.1 Å². The number of esters is 2. The third kappa shape index (κ3) is 18.7. The quantitative estimate of drug-likeness (QED) is 0.0663. The minimum absolute atomic E-state index is 0.0268. The molecule has 5 N–H and O–H groups in total. The maximum absolute atomic E-state index is 16.1. The number of aromatic amines is 1. The number of cyclic esters (lactones) is 1. The van der Waals surface area contributed by atoms with Crippen LogP contribution in [0.25, 0.3) is 0 Å². The van der Waals surface area contributed by atoms with E-state index in [-0.39, 0.29) is 61.9 Å². The molecule has 2 amide bonds. The molecule has 4 aliphatic heterocycles. The van der Waals surface area contributed by atoms with E-state index >= 15 is 9.59 Å². The average molecular weight is 1250 g/mol. The first-order valence-corrected chi connectivity index (χ1v) is 31.3. The zero-order chi connectivity index (χ0) is 65.3. The van der Waals surface area contributed by atoms with E-state index in [4.69, 9.17) is 56.9 Å². The molecule has 4 saturated heterocycles. The Morgan fingerprint density at radius 2 is 1.55 bits per heavy atom. The van der Waals surface area contributed by atoms with E-state index in [0.29, 0.717) is 19.0 Å². The van der Waals surface area contributed by atoms with Gasteiger partial charge in [0.15, 0.2) is 30.3 Å². The number of nitrogens with one attached hydrogen (secondary N) is 3. The van der Waals surface area contributed by atoms with Gasteiger partial charge in [0.25, 0.3) is 11.5 Å². The summed E-state index contributed by atoms with van der Waals surface area (Å²) in [4.78, 5) is 99.2. The van der Waals surface area contributed by atoms with E-state index in [2.05, 4.69) is 37.6 Å². The number of aliphatic hydroxyl groups is 2. The van der Waals surface area contributed by atoms with Gasteiger partial charge in [-0.25, -0.2) is 9.78 Å². The van der Waals surface area contributed by atoms with Gasteiger partial charge in [-0.05, 0) is 86.5 Å². The molecular weight excluding hydrogens is 1150 g/mol. The second-order valence-corrected chi connectivity index (χ2v) is 26.6. The molecule has 0 aromatic carbocycles. The molecule has 22 atom stereocenters. The first kappa shape index (κ1) is 72.3. The smallest absolute Gasteiger partial charge is 0.408 e. The highest BCUT2D eigenvalue weighted by molar-refractivity contribution is 5.93. The van der Waals surface area contributed by atoms with E-state index in [0.717, 1.165) is 25.2 Å². The van der Waals surface area contributed by atoms with Crippen LogP contribution < -0.4 is 16.2 Å². The normalized spacial score (nSPS) is 37.6. The highest BCUT2D eigenvalue weighted by Crippen LogP contribution is 2.41. The second-order valence-electron chi connectivity index (χ2n) is 26.6. The summed E-state index contributed by atoms with van der Waals surface area (Å²) in [5.41, 5.74) is -3.67. The number of methoxy groups -OCH3 is 2. The highest BCUT2D eigenvalue weighted by atomic mass is 16.7. The third-order valence-corrected chi connectivity index (χ3v) is 17.7. The van der Waals surface area contributed by atoms with E-state index in [1.54, 1.807) is 62.3 Å². The predicted octanol–water partition coefficient (Wildman–Crippen LogP) is 4.83. The summed E-state index contributed by atoms with van der Waals surface area (Å²) < 4.78 is 70.9. The topological polar surface area (TPSA) is 322 Å². The number of aromatic nitrogens is 2. The number of oxime groups is 1. The van der Waals surface area contributed by atoms with E-state index in [1.807, 2.05) is 27.7 Å². The maximum atomic E-state index is 16.1. The SMILES string of the molecule is CO/N=C1\C[C@@H](C)O[C@@H](O[C@@H]2[C@@H](C)[C@H](O[C@H]3CC(C)N(C4CC4)C[C@H](C)O3)[C@@H](C)C(=O)O[C@H](C(C)CO[C@@H]3O[C@H](C)[C@@H](O)[C@@H](OC)[C@H]3OC)[C@H](C)[C@@H](OC(=O)CC(C)C)[C@@H](C)C(=O)[C@@](C)(OC(=O)NC(C)(C)CNC(=O)c3c[nH]c(=O)cn3)C[C@@H]2C)[C@@H]1O. The molecule has 0 spiro atoms. The minimum Gasteiger partial charge on any atom is -0.461 e. The van der Waals surface area contributed by atoms with E-state index in [1.165, 1.54) is 28.3 Å². The van der Waals surface area contributed by atoms with Crippen LogP contribution in [0.5, 0.6) is 0 Å². The van der Waals surface area contributed by atoms with Crippen molar-refractivity contribution in [2.45, 2.75) is 252 Å². The number of H-pyrrole nitrogens is 1. The second kappa shape index (κ2) is 31.5. The number of ether oxygens (including phenoxy) is 11. The standard InChI is InChI=1S/C62H102N6O20/c1-30(2)21-45(70)84-51-37(9)50(32(4)28-80-59-54(78-17)53(77-16)47(71)40(12)83-59)86-57(75)39(11)52(85-46-22-33(5)68(41-19-20-41)27-35(7)81-46)36(8)49(87-58-48(72)42(67-79-18)23-34(6)82-58)31(3)24-62(15,55(73)38(51)10)88-60(76)66-61(13,14)29-65-56(74)43-25-64-44(69)26-63-43/h25-26,30-41,46-54,58-59,71-72H,19-24,27-29H2,1-18H3,(H,64,69)(H,65,74)(H,66,76)/b67-42+/t31-,32?,33?,34+,35-,36+,37-,38+,39+,40+,46-,47+,48+,49-,50+,51+,52-,53+,54+,58-,59+,62-/m0/s1. The lowest BCUT2D eigenvalue weighted by Crippen LogP contribution is -2.59. The Morgan fingerprint density at radius 1 is 0.864 bits per heavy atom. The highest BCUT2D eigenvalue weighted by Gasteiger charge is 2.53. The number of amides is 2. The largest absolute Gasteiger partial charge is 0.461 e. The van der Waals surface area contributed by atoms with Crippen LogP contribution >= 0.6 is 0 Å². The number of rotatable bonds is 20. The van der Waals surface area contributed by atoms with Gasteiger partial charge in [0, 0.05) is 82.6 Å². The molecular formula is C62H102N6O20. The van der Waals surface area contributed by atoms with Crippen molar-refractivity contribution in [3.63, 3.8) is 0 Å². The van der Waals surface area contributed by atoms with Crippen LogP contribution in [0.2, 0.25) is 0 Å². The van der Waals surface area contributed by atoms with Crippen molar-refractivity contribution in [2.24, 2.45) is 46.6 Å². The number of nitrogens with zero attached hydrogens (tertiary/aromatic N) is 3. The first-order chi connectivity index (χ1) is 41.3. The number of carbonyl (C=O) groups excluding carboxylic acids is 5. The lowest BCUT2D eigenvalue weighted by Gasteiger charge is -2.45. The van der Waals surface area contributed by atoms with Crippen molar-refractivity contribution in [2.75, 3.05) is 41.0 Å². The van der Waals surface area contributed by atoms with Crippen molar-refractivity contribution in [3.05, 3.63) is 28.4 Å². The van der Waals surface area contributed by atoms with Crippen molar-refractivity contribution in [3.8, 4) is 0 Å². The molecule has 1 aromatic rings. The van der Waals surface area contributed by atoms with Gasteiger partial charge in [-0.15, -0.1) is 0 Å². The Balaban J connectivity index is 1.49. The van der Waals surface area contributed by atoms with Gasteiger partial charge in [-0.2, -0.15) is 0 Å². The zero-order valence-corrected chi connectivity index (χ0v) is 54.9. The molecule has 5 fully saturated rings. The molecule has 1 saturated carbocycles. The van der Waals surface area contributed by atoms with Crippen LogP contribution in [0.1, 0.15) is 153 Å². The molecule has 26 heteroatoms. The van der Waals surface area contributed by atoms with Crippen molar-refractivity contribution >= 4 is 35.4 Å². The summed E-state index contributed by atoms with van der Waals surface area (Å²) in [6, 6.07) is 0.442. The summed E-state index contributed by atoms with van der Waals surface area (Å²) in [6.07, 6.45) is -10.2. The van der Waals surface area contributed by atoms with Gasteiger partial charge in [0.05, 0.1) is 66.4 Å². The molecule has 88 heavy (non-hydrogen) atoms. The van der Waals surface area contributed by atoms with Crippen LogP contribution in [0.3, 0.4) is 0 Å². The van der Waals surface area contributed by atoms with Gasteiger partial charge < -0.3 is 82.8 Å². The van der Waals surface area contributed by atoms with Crippen molar-refractivity contribution in [1.82, 2.24) is 25.5 Å². The number of carbonyl (C=O) groups is 5. The molecule has 5 aliphatic rings. The fourth-order valence-corrected chi connectivity index (χ4v) is 12.9.